The van der Waals surface area contributed by atoms with Gasteiger partial charge in [0, 0.05) is 0 Å². The topological polar surface area (TPSA) is 12.4 Å². The molecule has 73 valence electrons. The average Bonchev–Trinajstić information content (AvgIpc) is 2.31. The van der Waals surface area contributed by atoms with Crippen molar-refractivity contribution in [2.75, 3.05) is 0 Å². The number of hydrogen-bond acceptors (Lipinski definition) is 1. The number of hydrogen-bond donors (Lipinski definition) is 0. The third-order valence-corrected chi connectivity index (χ3v) is 2.69. The van der Waals surface area contributed by atoms with Gasteiger partial charge in [-0.1, -0.05) is 0 Å². The molecule has 0 unspecified atom stereocenters. The molecule has 0 aliphatic heterocycles. The Labute approximate surface area is 97.7 Å². The molecule has 0 atom stereocenters. The van der Waals surface area contributed by atoms with Crippen LogP contribution in [0.15, 0.2) is 65.7 Å². The van der Waals surface area contributed by atoms with Gasteiger partial charge in [-0.15, -0.1) is 0 Å². The van der Waals surface area contributed by atoms with Gasteiger partial charge in [0.15, 0.2) is 0 Å². The monoisotopic (exact) mass is 260 g/mol. The van der Waals surface area contributed by atoms with Crippen molar-refractivity contribution in [1.82, 2.24) is 0 Å². The second kappa shape index (κ2) is 4.92. The normalized spacial score (nSPS) is 11.3. The summed E-state index contributed by atoms with van der Waals surface area (Å²) in [6.45, 7) is 0. The Morgan fingerprint density at radius 3 is 1.93 bits per heavy atom. The summed E-state index contributed by atoms with van der Waals surface area (Å²) in [5, 5.41) is 0. The molecule has 0 saturated heterocycles. The summed E-state index contributed by atoms with van der Waals surface area (Å²) in [5.41, 5.74) is 2.08. The van der Waals surface area contributed by atoms with E-state index in [9.17, 15) is 0 Å². The van der Waals surface area contributed by atoms with Crippen molar-refractivity contribution in [3.8, 4) is 0 Å². The Kier molecular flexibility index (Phi) is 3.33. The first-order chi connectivity index (χ1) is 7.36. The quantitative estimate of drug-likeness (QED) is 0.581. The summed E-state index contributed by atoms with van der Waals surface area (Å²) in [6.07, 6.45) is 0. The molecule has 0 bridgehead atoms. The minimum atomic E-state index is 0.918. The van der Waals surface area contributed by atoms with Gasteiger partial charge in [0.25, 0.3) is 0 Å². The molecule has 0 saturated carbocycles. The van der Waals surface area contributed by atoms with Crippen molar-refractivity contribution in [1.29, 1.82) is 0 Å². The molecule has 1 radical (unpaired) electrons. The molecule has 2 heteroatoms. The van der Waals surface area contributed by atoms with Crippen LogP contribution in [0.4, 0.5) is 5.69 Å². The maximum absolute atomic E-state index is 4.49. The Bertz CT molecular complexity index is 448. The van der Waals surface area contributed by atoms with Crippen LogP contribution in [0.3, 0.4) is 0 Å². The average molecular weight is 259 g/mol. The molecule has 15 heavy (non-hydrogen) atoms. The van der Waals surface area contributed by atoms with Gasteiger partial charge in [-0.05, 0) is 0 Å². The molecule has 0 fully saturated rings. The molecule has 0 amide bonds. The van der Waals surface area contributed by atoms with E-state index in [0.717, 1.165) is 15.9 Å². The van der Waals surface area contributed by atoms with Crippen LogP contribution in [-0.4, -0.2) is 20.6 Å². The second-order valence-electron chi connectivity index (χ2n) is 3.12. The molecular weight excluding hydrogens is 249 g/mol. The van der Waals surface area contributed by atoms with Gasteiger partial charge in [-0.3, -0.25) is 0 Å². The maximum atomic E-state index is 4.49. The molecule has 2 aromatic carbocycles. The second-order valence-corrected chi connectivity index (χ2v) is 3.93. The van der Waals surface area contributed by atoms with E-state index in [2.05, 4.69) is 21.0 Å². The van der Waals surface area contributed by atoms with E-state index >= 15 is 0 Å². The molecule has 0 spiro atoms. The number of nitrogens with zero attached hydrogens (tertiary/aromatic N) is 1. The van der Waals surface area contributed by atoms with E-state index < -0.39 is 0 Å². The first-order valence-electron chi connectivity index (χ1n) is 4.72. The van der Waals surface area contributed by atoms with Crippen LogP contribution in [0.1, 0.15) is 5.56 Å². The summed E-state index contributed by atoms with van der Waals surface area (Å²) < 4.78 is 0.918. The third-order valence-electron chi connectivity index (χ3n) is 2.01. The van der Waals surface area contributed by atoms with Gasteiger partial charge >= 0.3 is 97.5 Å². The fourth-order valence-corrected chi connectivity index (χ4v) is 1.77. The van der Waals surface area contributed by atoms with E-state index in [1.807, 2.05) is 60.7 Å². The summed E-state index contributed by atoms with van der Waals surface area (Å²) in [7, 11) is 0. The van der Waals surface area contributed by atoms with E-state index in [0.29, 0.717) is 0 Å². The van der Waals surface area contributed by atoms with Gasteiger partial charge < -0.3 is 0 Å². The molecule has 0 aliphatic rings. The zero-order valence-corrected chi connectivity index (χ0v) is 9.84. The fraction of sp³-hybridized carbons (Fsp3) is 0. The Morgan fingerprint density at radius 1 is 0.800 bits per heavy atom. The predicted molar refractivity (Wildman–Crippen MR) is 64.8 cm³/mol. The number of aliphatic imine (C=N–C) groups is 1. The number of benzene rings is 2. The van der Waals surface area contributed by atoms with Crippen LogP contribution >= 0.6 is 0 Å². The third kappa shape index (κ3) is 2.79. The summed E-state index contributed by atoms with van der Waals surface area (Å²) >= 11 is 2.99. The van der Waals surface area contributed by atoms with Crippen LogP contribution < -0.4 is 0 Å². The van der Waals surface area contributed by atoms with E-state index in [1.54, 1.807) is 0 Å². The molecule has 2 aromatic rings. The number of rotatable bonds is 2. The van der Waals surface area contributed by atoms with Crippen molar-refractivity contribution in [2.24, 2.45) is 4.99 Å². The first-order valence-corrected chi connectivity index (χ1v) is 5.58. The van der Waals surface area contributed by atoms with E-state index in [-0.39, 0.29) is 0 Å². The summed E-state index contributed by atoms with van der Waals surface area (Å²) in [6, 6.07) is 20.0. The Balaban J connectivity index is 2.29. The molecule has 0 N–H and O–H groups in total. The van der Waals surface area contributed by atoms with Crippen molar-refractivity contribution in [2.45, 2.75) is 0 Å². The molecule has 1 nitrogen and oxygen atoms in total. The number of para-hydroxylation sites is 1. The molecular formula is C13H10NSe. The van der Waals surface area contributed by atoms with Gasteiger partial charge in [0.05, 0.1) is 0 Å². The SMILES string of the molecule is [Se]C(=Nc1ccccc1)c1ccccc1. The fourth-order valence-electron chi connectivity index (χ4n) is 1.27. The van der Waals surface area contributed by atoms with Crippen LogP contribution in [0.2, 0.25) is 0 Å². The summed E-state index contributed by atoms with van der Waals surface area (Å²) in [5.74, 6) is 0. The standard InChI is InChI=1S/C13H10NSe/c15-13(11-7-3-1-4-8-11)14-12-9-5-2-6-10-12/h1-10H. The van der Waals surface area contributed by atoms with Crippen molar-refractivity contribution < 1.29 is 0 Å². The zero-order chi connectivity index (χ0) is 10.5. The Hall–Kier alpha value is -1.37. The Morgan fingerprint density at radius 2 is 1.33 bits per heavy atom. The van der Waals surface area contributed by atoms with Crippen LogP contribution in [0, 0.1) is 0 Å². The predicted octanol–water partition coefficient (Wildman–Crippen LogP) is 2.93. The van der Waals surface area contributed by atoms with E-state index in [4.69, 9.17) is 0 Å². The van der Waals surface area contributed by atoms with Crippen molar-refractivity contribution in [3.63, 3.8) is 0 Å². The van der Waals surface area contributed by atoms with Gasteiger partial charge in [-0.25, -0.2) is 0 Å². The molecule has 0 aromatic heterocycles. The van der Waals surface area contributed by atoms with Crippen LogP contribution in [0.5, 0.6) is 0 Å². The minimum absolute atomic E-state index is 0.918. The molecule has 0 heterocycles. The summed E-state index contributed by atoms with van der Waals surface area (Å²) in [4.78, 5) is 4.49. The zero-order valence-electron chi connectivity index (χ0n) is 8.13. The van der Waals surface area contributed by atoms with Gasteiger partial charge in [0.1, 0.15) is 0 Å². The van der Waals surface area contributed by atoms with Crippen molar-refractivity contribution in [3.05, 3.63) is 66.2 Å². The van der Waals surface area contributed by atoms with Crippen molar-refractivity contribution >= 4 is 26.3 Å². The van der Waals surface area contributed by atoms with Gasteiger partial charge in [-0.2, -0.15) is 0 Å². The first kappa shape index (κ1) is 10.2. The van der Waals surface area contributed by atoms with Crippen LogP contribution in [0.25, 0.3) is 0 Å². The molecule has 0 aliphatic carbocycles. The van der Waals surface area contributed by atoms with Gasteiger partial charge in [0.2, 0.25) is 0 Å². The molecule has 2 rings (SSSR count). The van der Waals surface area contributed by atoms with E-state index in [1.165, 1.54) is 0 Å². The van der Waals surface area contributed by atoms with Crippen LogP contribution in [-0.2, 0) is 0 Å².